The van der Waals surface area contributed by atoms with Crippen molar-refractivity contribution in [3.8, 4) is 0 Å². The van der Waals surface area contributed by atoms with E-state index in [1.54, 1.807) is 72.8 Å². The zero-order valence-corrected chi connectivity index (χ0v) is 31.1. The monoisotopic (exact) mass is 758 g/mol. The van der Waals surface area contributed by atoms with Gasteiger partial charge in [0.05, 0.1) is 0 Å². The number of aliphatic carboxylic acids is 2. The number of thioether (sulfide) groups is 2. The van der Waals surface area contributed by atoms with Gasteiger partial charge < -0.3 is 19.8 Å². The van der Waals surface area contributed by atoms with Crippen LogP contribution in [0.2, 0.25) is 10.0 Å². The van der Waals surface area contributed by atoms with Crippen LogP contribution < -0.4 is 10.2 Å². The second-order valence-corrected chi connectivity index (χ2v) is 13.8. The number of carbonyl (C=O) groups excluding carboxylic acids is 6. The van der Waals surface area contributed by atoms with Gasteiger partial charge in [-0.15, -0.1) is 23.5 Å². The maximum Gasteiger partial charge on any atom is 2.00 e. The van der Waals surface area contributed by atoms with Gasteiger partial charge in [0.25, 0.3) is 0 Å². The van der Waals surface area contributed by atoms with Crippen molar-refractivity contribution in [3.05, 3.63) is 127 Å². The van der Waals surface area contributed by atoms with Gasteiger partial charge in [0.1, 0.15) is 0 Å². The van der Waals surface area contributed by atoms with Crippen LogP contribution in [0.15, 0.2) is 82.6 Å². The summed E-state index contributed by atoms with van der Waals surface area (Å²) in [5.74, 6) is -2.12. The van der Waals surface area contributed by atoms with Gasteiger partial charge in [-0.05, 0) is 84.6 Å². The van der Waals surface area contributed by atoms with E-state index in [-0.39, 0.29) is 86.6 Å². The van der Waals surface area contributed by atoms with Crippen molar-refractivity contribution in [1.29, 1.82) is 0 Å². The van der Waals surface area contributed by atoms with Crippen LogP contribution in [-0.2, 0) is 21.1 Å². The van der Waals surface area contributed by atoms with Gasteiger partial charge in [-0.1, -0.05) is 35.3 Å². The number of carbonyl (C=O) groups is 6. The van der Waals surface area contributed by atoms with Gasteiger partial charge in [0, 0.05) is 89.5 Å². The minimum atomic E-state index is -1.25. The van der Waals surface area contributed by atoms with Gasteiger partial charge in [-0.25, -0.2) is 0 Å². The van der Waals surface area contributed by atoms with E-state index in [0.29, 0.717) is 64.7 Å². The molecule has 0 spiro atoms. The van der Waals surface area contributed by atoms with E-state index in [9.17, 15) is 39.0 Å². The number of Topliss-reactive ketones (excluding diaryl/α,β-unsaturated/α-hetero) is 2. The van der Waals surface area contributed by atoms with Crippen molar-refractivity contribution in [2.24, 2.45) is 0 Å². The number of halogens is 2. The van der Waals surface area contributed by atoms with Gasteiger partial charge in [0.15, 0.2) is 23.1 Å². The molecule has 0 amide bonds. The van der Waals surface area contributed by atoms with Crippen molar-refractivity contribution >= 4 is 120 Å². The standard InChI is InChI=1S/2C18H13ClO4S.Ca/c2*19-12-2-4-13-11(7-12)9-24-16-8-10(1-3-14(16)18(13)23)15(20)5-6-17(21)22;/h2*1-4,7-8H,5-6,9H2,(H,21,22);/q;;+2/p-2. The zero-order chi connectivity index (χ0) is 34.5. The van der Waals surface area contributed by atoms with E-state index in [1.165, 1.54) is 23.5 Å². The molecule has 2 heterocycles. The Morgan fingerprint density at radius 2 is 0.918 bits per heavy atom. The number of carboxylic acid groups (broad SMARTS) is 2. The molecule has 2 aliphatic rings. The Hall–Kier alpha value is -2.96. The van der Waals surface area contributed by atoms with Gasteiger partial charge in [-0.2, -0.15) is 0 Å². The molecule has 0 saturated heterocycles. The van der Waals surface area contributed by atoms with E-state index < -0.39 is 11.9 Å². The van der Waals surface area contributed by atoms with E-state index in [4.69, 9.17) is 23.2 Å². The number of rotatable bonds is 8. The van der Waals surface area contributed by atoms with Crippen LogP contribution in [-0.4, -0.2) is 72.8 Å². The maximum atomic E-state index is 12.7. The first-order chi connectivity index (χ1) is 22.9. The molecular formula is C36H24CaCl2O8S2. The number of fused-ring (bicyclic) bond motifs is 4. The average molecular weight is 760 g/mol. The molecule has 0 aromatic heterocycles. The molecule has 244 valence electrons. The third-order valence-corrected chi connectivity index (χ3v) is 10.3. The number of hydrogen-bond acceptors (Lipinski definition) is 10. The van der Waals surface area contributed by atoms with Crippen molar-refractivity contribution in [1.82, 2.24) is 0 Å². The molecule has 0 N–H and O–H groups in total. The van der Waals surface area contributed by atoms with Crippen molar-refractivity contribution in [3.63, 3.8) is 0 Å². The van der Waals surface area contributed by atoms with E-state index in [0.717, 1.165) is 11.1 Å². The maximum absolute atomic E-state index is 12.7. The van der Waals surface area contributed by atoms with Crippen LogP contribution in [0.5, 0.6) is 0 Å². The fourth-order valence-electron chi connectivity index (χ4n) is 5.13. The summed E-state index contributed by atoms with van der Waals surface area (Å²) in [6, 6.07) is 20.1. The smallest absolute Gasteiger partial charge is 0.550 e. The van der Waals surface area contributed by atoms with Crippen LogP contribution >= 0.6 is 46.7 Å². The molecule has 6 rings (SSSR count). The molecule has 0 unspecified atom stereocenters. The van der Waals surface area contributed by atoms with Crippen molar-refractivity contribution in [2.45, 2.75) is 47.0 Å². The molecule has 4 aromatic carbocycles. The summed E-state index contributed by atoms with van der Waals surface area (Å²) in [4.78, 5) is 71.9. The molecule has 0 saturated carbocycles. The van der Waals surface area contributed by atoms with Crippen LogP contribution in [0.3, 0.4) is 0 Å². The molecule has 0 radical (unpaired) electrons. The quantitative estimate of drug-likeness (QED) is 0.169. The SMILES string of the molecule is O=C([O-])CCC(=O)c1ccc2c(c1)SCc1cc(Cl)ccc1C2=O.O=C([O-])CCC(=O)c1ccc2c(c1)SCc1cc(Cl)ccc1C2=O.[Ca+2]. The molecule has 49 heavy (non-hydrogen) atoms. The predicted octanol–water partition coefficient (Wildman–Crippen LogP) is 5.40. The van der Waals surface area contributed by atoms with Gasteiger partial charge in [0.2, 0.25) is 0 Å². The molecule has 4 aromatic rings. The van der Waals surface area contributed by atoms with Crippen molar-refractivity contribution in [2.75, 3.05) is 0 Å². The Balaban J connectivity index is 0.000000216. The second-order valence-electron chi connectivity index (χ2n) is 10.9. The second kappa shape index (κ2) is 17.3. The van der Waals surface area contributed by atoms with Crippen molar-refractivity contribution < 1.29 is 39.0 Å². The largest absolute Gasteiger partial charge is 2.00 e. The molecule has 0 bridgehead atoms. The minimum absolute atomic E-state index is 0. The Morgan fingerprint density at radius 1 is 0.551 bits per heavy atom. The Morgan fingerprint density at radius 3 is 1.29 bits per heavy atom. The summed E-state index contributed by atoms with van der Waals surface area (Å²) in [6.07, 6.45) is -0.858. The number of ketones is 4. The predicted molar refractivity (Wildman–Crippen MR) is 185 cm³/mol. The number of benzene rings is 4. The molecule has 0 fully saturated rings. The Kier molecular flexibility index (Phi) is 13.7. The molecule has 0 atom stereocenters. The minimum Gasteiger partial charge on any atom is -0.550 e. The number of carboxylic acids is 2. The van der Waals surface area contributed by atoms with E-state index in [1.807, 2.05) is 0 Å². The Labute approximate surface area is 330 Å². The third-order valence-electron chi connectivity index (χ3n) is 7.60. The first-order valence-electron chi connectivity index (χ1n) is 14.6. The summed E-state index contributed by atoms with van der Waals surface area (Å²) >= 11 is 14.9. The first kappa shape index (κ1) is 38.8. The van der Waals surface area contributed by atoms with Gasteiger partial charge >= 0.3 is 37.7 Å². The summed E-state index contributed by atoms with van der Waals surface area (Å²) in [7, 11) is 0. The molecule has 13 heteroatoms. The normalized spacial score (nSPS) is 12.7. The molecule has 0 aliphatic carbocycles. The first-order valence-corrected chi connectivity index (χ1v) is 17.3. The summed E-state index contributed by atoms with van der Waals surface area (Å²) in [5, 5.41) is 22.1. The van der Waals surface area contributed by atoms with Crippen LogP contribution in [0.1, 0.15) is 89.4 Å². The van der Waals surface area contributed by atoms with Crippen LogP contribution in [0.25, 0.3) is 0 Å². The van der Waals surface area contributed by atoms with E-state index in [2.05, 4.69) is 0 Å². The average Bonchev–Trinajstić information content (AvgIpc) is 3.29. The topological polar surface area (TPSA) is 149 Å². The van der Waals surface area contributed by atoms with Gasteiger partial charge in [-0.3, -0.25) is 19.2 Å². The van der Waals surface area contributed by atoms with Crippen LogP contribution in [0.4, 0.5) is 0 Å². The third kappa shape index (κ3) is 9.64. The molecular weight excluding hydrogens is 736 g/mol. The number of hydrogen-bond donors (Lipinski definition) is 0. The fraction of sp³-hybridized carbons (Fsp3) is 0.167. The summed E-state index contributed by atoms with van der Waals surface area (Å²) in [6.45, 7) is 0. The summed E-state index contributed by atoms with van der Waals surface area (Å²) in [5.41, 5.74) is 4.83. The Bertz CT molecular complexity index is 1870. The summed E-state index contributed by atoms with van der Waals surface area (Å²) < 4.78 is 0. The molecule has 2 aliphatic heterocycles. The fourth-order valence-corrected chi connectivity index (χ4v) is 7.68. The zero-order valence-electron chi connectivity index (χ0n) is 25.7. The van der Waals surface area contributed by atoms with Crippen LogP contribution in [0, 0.1) is 0 Å². The molecule has 8 nitrogen and oxygen atoms in total. The van der Waals surface area contributed by atoms with E-state index >= 15 is 0 Å².